The molecule has 0 radical (unpaired) electrons. The minimum absolute atomic E-state index is 0.0226. The zero-order valence-corrected chi connectivity index (χ0v) is 11.7. The van der Waals surface area contributed by atoms with E-state index in [2.05, 4.69) is 5.32 Å². The first-order chi connectivity index (χ1) is 10.5. The van der Waals surface area contributed by atoms with Gasteiger partial charge in [-0.1, -0.05) is 24.3 Å². The molecule has 5 nitrogen and oxygen atoms in total. The van der Waals surface area contributed by atoms with Crippen molar-refractivity contribution in [3.05, 3.63) is 59.9 Å². The van der Waals surface area contributed by atoms with E-state index in [1.165, 1.54) is 18.2 Å². The topological polar surface area (TPSA) is 81.4 Å². The summed E-state index contributed by atoms with van der Waals surface area (Å²) in [6.45, 7) is -0.302. The number of amides is 2. The van der Waals surface area contributed by atoms with Crippen molar-refractivity contribution in [1.29, 1.82) is 0 Å². The SMILES string of the molecule is NC(=O)Cc1ccc(NC(=O)COc2ccccc2F)cc1. The molecule has 2 aromatic carbocycles. The molecule has 0 saturated carbocycles. The van der Waals surface area contributed by atoms with Gasteiger partial charge in [0, 0.05) is 5.69 Å². The Morgan fingerprint density at radius 2 is 1.77 bits per heavy atom. The summed E-state index contributed by atoms with van der Waals surface area (Å²) in [5, 5.41) is 2.61. The van der Waals surface area contributed by atoms with E-state index in [4.69, 9.17) is 10.5 Å². The van der Waals surface area contributed by atoms with E-state index < -0.39 is 17.6 Å². The molecule has 2 amide bonds. The summed E-state index contributed by atoms with van der Waals surface area (Å²) in [5.74, 6) is -1.33. The molecule has 2 aromatic rings. The van der Waals surface area contributed by atoms with Gasteiger partial charge < -0.3 is 15.8 Å². The van der Waals surface area contributed by atoms with Crippen molar-refractivity contribution in [2.75, 3.05) is 11.9 Å². The minimum atomic E-state index is -0.522. The van der Waals surface area contributed by atoms with Crippen LogP contribution in [0, 0.1) is 5.82 Å². The van der Waals surface area contributed by atoms with Gasteiger partial charge in [-0.2, -0.15) is 0 Å². The maximum Gasteiger partial charge on any atom is 0.262 e. The van der Waals surface area contributed by atoms with Crippen molar-refractivity contribution in [1.82, 2.24) is 0 Å². The number of ether oxygens (including phenoxy) is 1. The molecule has 0 bridgehead atoms. The van der Waals surface area contributed by atoms with Gasteiger partial charge in [-0.3, -0.25) is 9.59 Å². The van der Waals surface area contributed by atoms with Gasteiger partial charge in [-0.15, -0.1) is 0 Å². The fourth-order valence-corrected chi connectivity index (χ4v) is 1.81. The summed E-state index contributed by atoms with van der Waals surface area (Å²) in [5.41, 5.74) is 6.40. The fourth-order valence-electron chi connectivity index (χ4n) is 1.81. The summed E-state index contributed by atoms with van der Waals surface area (Å²) in [6.07, 6.45) is 0.143. The molecule has 3 N–H and O–H groups in total. The summed E-state index contributed by atoms with van der Waals surface area (Å²) >= 11 is 0. The Kier molecular flexibility index (Phi) is 5.08. The number of anilines is 1. The third-order valence-corrected chi connectivity index (χ3v) is 2.81. The lowest BCUT2D eigenvalue weighted by molar-refractivity contribution is -0.118. The average Bonchev–Trinajstić information content (AvgIpc) is 2.48. The van der Waals surface area contributed by atoms with Crippen molar-refractivity contribution in [3.63, 3.8) is 0 Å². The van der Waals surface area contributed by atoms with Gasteiger partial charge in [0.15, 0.2) is 18.2 Å². The highest BCUT2D eigenvalue weighted by atomic mass is 19.1. The normalized spacial score (nSPS) is 10.0. The van der Waals surface area contributed by atoms with Gasteiger partial charge in [0.2, 0.25) is 5.91 Å². The Bertz CT molecular complexity index is 671. The smallest absolute Gasteiger partial charge is 0.262 e. The molecule has 0 aliphatic heterocycles. The van der Waals surface area contributed by atoms with Crippen LogP contribution in [0.1, 0.15) is 5.56 Å². The molecule has 0 aliphatic rings. The van der Waals surface area contributed by atoms with Crippen molar-refractivity contribution < 1.29 is 18.7 Å². The van der Waals surface area contributed by atoms with Gasteiger partial charge in [0.25, 0.3) is 5.91 Å². The number of halogens is 1. The minimum Gasteiger partial charge on any atom is -0.481 e. The highest BCUT2D eigenvalue weighted by Crippen LogP contribution is 2.15. The Balaban J connectivity index is 1.87. The van der Waals surface area contributed by atoms with Crippen molar-refractivity contribution in [3.8, 4) is 5.75 Å². The largest absolute Gasteiger partial charge is 0.481 e. The van der Waals surface area contributed by atoms with Crippen LogP contribution in [0.15, 0.2) is 48.5 Å². The van der Waals surface area contributed by atoms with E-state index in [1.807, 2.05) is 0 Å². The first-order valence-corrected chi connectivity index (χ1v) is 6.59. The first kappa shape index (κ1) is 15.5. The van der Waals surface area contributed by atoms with Gasteiger partial charge in [0.1, 0.15) is 0 Å². The summed E-state index contributed by atoms with van der Waals surface area (Å²) in [7, 11) is 0. The molecule has 0 heterocycles. The molecule has 0 aromatic heterocycles. The summed E-state index contributed by atoms with van der Waals surface area (Å²) in [6, 6.07) is 12.5. The van der Waals surface area contributed by atoms with Crippen molar-refractivity contribution in [2.45, 2.75) is 6.42 Å². The van der Waals surface area contributed by atoms with Crippen LogP contribution in [0.4, 0.5) is 10.1 Å². The number of benzene rings is 2. The van der Waals surface area contributed by atoms with Gasteiger partial charge >= 0.3 is 0 Å². The maximum atomic E-state index is 13.3. The molecule has 0 aliphatic carbocycles. The number of primary amides is 1. The lowest BCUT2D eigenvalue weighted by Gasteiger charge is -2.08. The van der Waals surface area contributed by atoms with Crippen LogP contribution >= 0.6 is 0 Å². The number of hydrogen-bond acceptors (Lipinski definition) is 3. The molecular weight excluding hydrogens is 287 g/mol. The zero-order chi connectivity index (χ0) is 15.9. The number of carbonyl (C=O) groups is 2. The van der Waals surface area contributed by atoms with Crippen molar-refractivity contribution in [2.24, 2.45) is 5.73 Å². The predicted molar refractivity (Wildman–Crippen MR) is 79.9 cm³/mol. The van der Waals surface area contributed by atoms with Gasteiger partial charge in [-0.05, 0) is 29.8 Å². The fraction of sp³-hybridized carbons (Fsp3) is 0.125. The molecule has 2 rings (SSSR count). The molecule has 0 fully saturated rings. The second-order valence-corrected chi connectivity index (χ2v) is 4.61. The summed E-state index contributed by atoms with van der Waals surface area (Å²) < 4.78 is 18.4. The standard InChI is InChI=1S/C16H15FN2O3/c17-13-3-1-2-4-14(13)22-10-16(21)19-12-7-5-11(6-8-12)9-15(18)20/h1-8H,9-10H2,(H2,18,20)(H,19,21). The molecule has 0 saturated heterocycles. The van der Waals surface area contributed by atoms with Gasteiger partial charge in [-0.25, -0.2) is 4.39 Å². The number of para-hydroxylation sites is 1. The quantitative estimate of drug-likeness (QED) is 0.854. The van der Waals surface area contributed by atoms with E-state index in [9.17, 15) is 14.0 Å². The second-order valence-electron chi connectivity index (χ2n) is 4.61. The van der Waals surface area contributed by atoms with E-state index >= 15 is 0 Å². The van der Waals surface area contributed by atoms with Crippen LogP contribution in [0.25, 0.3) is 0 Å². The highest BCUT2D eigenvalue weighted by Gasteiger charge is 2.07. The molecule has 0 spiro atoms. The van der Waals surface area contributed by atoms with Crippen LogP contribution in [0.5, 0.6) is 5.75 Å². The van der Waals surface area contributed by atoms with Crippen LogP contribution in [-0.2, 0) is 16.0 Å². The van der Waals surface area contributed by atoms with E-state index in [1.54, 1.807) is 30.3 Å². The molecule has 114 valence electrons. The Hall–Kier alpha value is -2.89. The van der Waals surface area contributed by atoms with E-state index in [0.29, 0.717) is 5.69 Å². The summed E-state index contributed by atoms with van der Waals surface area (Å²) in [4.78, 5) is 22.5. The predicted octanol–water partition coefficient (Wildman–Crippen LogP) is 1.87. The average molecular weight is 302 g/mol. The van der Waals surface area contributed by atoms with Crippen LogP contribution in [-0.4, -0.2) is 18.4 Å². The molecule has 0 unspecified atom stereocenters. The number of hydrogen-bond donors (Lipinski definition) is 2. The lowest BCUT2D eigenvalue weighted by atomic mass is 10.1. The van der Waals surface area contributed by atoms with Crippen LogP contribution < -0.4 is 15.8 Å². The third-order valence-electron chi connectivity index (χ3n) is 2.81. The number of carbonyl (C=O) groups excluding carboxylic acids is 2. The number of nitrogens with two attached hydrogens (primary N) is 1. The van der Waals surface area contributed by atoms with E-state index in [-0.39, 0.29) is 18.8 Å². The molecule has 0 atom stereocenters. The lowest BCUT2D eigenvalue weighted by Crippen LogP contribution is -2.20. The molecule has 6 heteroatoms. The first-order valence-electron chi connectivity index (χ1n) is 6.59. The maximum absolute atomic E-state index is 13.3. The molecular formula is C16H15FN2O3. The van der Waals surface area contributed by atoms with Gasteiger partial charge in [0.05, 0.1) is 6.42 Å². The van der Waals surface area contributed by atoms with Crippen LogP contribution in [0.2, 0.25) is 0 Å². The van der Waals surface area contributed by atoms with Crippen molar-refractivity contribution >= 4 is 17.5 Å². The Morgan fingerprint density at radius 3 is 2.41 bits per heavy atom. The Morgan fingerprint density at radius 1 is 1.09 bits per heavy atom. The third kappa shape index (κ3) is 4.59. The number of nitrogens with one attached hydrogen (secondary N) is 1. The monoisotopic (exact) mass is 302 g/mol. The zero-order valence-electron chi connectivity index (χ0n) is 11.7. The molecule has 22 heavy (non-hydrogen) atoms. The van der Waals surface area contributed by atoms with Crippen LogP contribution in [0.3, 0.4) is 0 Å². The number of rotatable bonds is 6. The Labute approximate surface area is 126 Å². The highest BCUT2D eigenvalue weighted by molar-refractivity contribution is 5.91. The van der Waals surface area contributed by atoms with E-state index in [0.717, 1.165) is 5.56 Å². The second kappa shape index (κ2) is 7.21.